The van der Waals surface area contributed by atoms with Crippen LogP contribution < -0.4 is 10.9 Å². The monoisotopic (exact) mass is 371 g/mol. The number of nitrogens with zero attached hydrogens (tertiary/aromatic N) is 1. The number of rotatable bonds is 4. The van der Waals surface area contributed by atoms with Crippen LogP contribution >= 0.6 is 11.3 Å². The molecular weight excluding hydrogens is 354 g/mol. The molecule has 0 saturated heterocycles. The summed E-state index contributed by atoms with van der Waals surface area (Å²) in [5.41, 5.74) is 1.17. The number of carbonyl (C=O) groups is 2. The van der Waals surface area contributed by atoms with Crippen LogP contribution in [-0.4, -0.2) is 29.0 Å². The predicted octanol–water partition coefficient (Wildman–Crippen LogP) is 2.57. The van der Waals surface area contributed by atoms with Crippen molar-refractivity contribution >= 4 is 39.0 Å². The van der Waals surface area contributed by atoms with E-state index in [1.54, 1.807) is 32.0 Å². The van der Waals surface area contributed by atoms with Crippen LogP contribution in [0.25, 0.3) is 10.1 Å². The van der Waals surface area contributed by atoms with Crippen LogP contribution in [0, 0.1) is 13.8 Å². The SMILES string of the molecule is COC(=O)c1cc2cc(NC(=O)Cc3c(C)nc(C)[nH]c3=O)ccc2s1. The van der Waals surface area contributed by atoms with E-state index in [4.69, 9.17) is 4.74 Å². The van der Waals surface area contributed by atoms with Gasteiger partial charge in [-0.3, -0.25) is 9.59 Å². The van der Waals surface area contributed by atoms with E-state index >= 15 is 0 Å². The highest BCUT2D eigenvalue weighted by atomic mass is 32.1. The van der Waals surface area contributed by atoms with Crippen LogP contribution in [0.1, 0.15) is 26.8 Å². The van der Waals surface area contributed by atoms with Crippen LogP contribution in [0.15, 0.2) is 29.1 Å². The number of aryl methyl sites for hydroxylation is 2. The van der Waals surface area contributed by atoms with E-state index in [-0.39, 0.29) is 17.9 Å². The van der Waals surface area contributed by atoms with Crippen molar-refractivity contribution in [1.82, 2.24) is 9.97 Å². The number of thiophene rings is 1. The van der Waals surface area contributed by atoms with Gasteiger partial charge in [0.2, 0.25) is 5.91 Å². The highest BCUT2D eigenvalue weighted by Crippen LogP contribution is 2.28. The minimum absolute atomic E-state index is 0.0659. The summed E-state index contributed by atoms with van der Waals surface area (Å²) < 4.78 is 5.64. The van der Waals surface area contributed by atoms with Crippen molar-refractivity contribution in [3.63, 3.8) is 0 Å². The molecule has 8 heteroatoms. The maximum atomic E-state index is 12.3. The second kappa shape index (κ2) is 7.09. The first-order valence-electron chi connectivity index (χ1n) is 7.85. The number of carbonyl (C=O) groups excluding carboxylic acids is 2. The average Bonchev–Trinajstić information content (AvgIpc) is 3.00. The molecule has 2 aromatic heterocycles. The second-order valence-corrected chi connectivity index (χ2v) is 6.88. The van der Waals surface area contributed by atoms with E-state index in [0.29, 0.717) is 27.6 Å². The molecule has 1 aromatic carbocycles. The van der Waals surface area contributed by atoms with E-state index in [1.165, 1.54) is 18.4 Å². The molecular formula is C18H17N3O4S. The number of esters is 1. The van der Waals surface area contributed by atoms with E-state index < -0.39 is 5.97 Å². The number of aromatic nitrogens is 2. The summed E-state index contributed by atoms with van der Waals surface area (Å²) in [6, 6.07) is 7.08. The first kappa shape index (κ1) is 17.8. The summed E-state index contributed by atoms with van der Waals surface area (Å²) >= 11 is 1.32. The predicted molar refractivity (Wildman–Crippen MR) is 99.8 cm³/mol. The molecule has 1 amide bonds. The van der Waals surface area contributed by atoms with Gasteiger partial charge in [0.05, 0.1) is 13.5 Å². The standard InChI is InChI=1S/C18H17N3O4S/c1-9-13(17(23)20-10(2)19-9)8-16(22)21-12-4-5-14-11(6-12)7-15(26-14)18(24)25-3/h4-7H,8H2,1-3H3,(H,21,22)(H,19,20,23). The highest BCUT2D eigenvalue weighted by molar-refractivity contribution is 7.20. The number of ether oxygens (including phenoxy) is 1. The number of hydrogen-bond donors (Lipinski definition) is 2. The van der Waals surface area contributed by atoms with Crippen LogP contribution in [0.5, 0.6) is 0 Å². The van der Waals surface area contributed by atoms with Crippen molar-refractivity contribution in [2.75, 3.05) is 12.4 Å². The van der Waals surface area contributed by atoms with Gasteiger partial charge in [-0.2, -0.15) is 0 Å². The number of fused-ring (bicyclic) bond motifs is 1. The Labute approximate surface area is 153 Å². The molecule has 26 heavy (non-hydrogen) atoms. The highest BCUT2D eigenvalue weighted by Gasteiger charge is 2.14. The molecule has 3 aromatic rings. The minimum atomic E-state index is -0.390. The van der Waals surface area contributed by atoms with Crippen LogP contribution in [-0.2, 0) is 16.0 Å². The number of nitrogens with one attached hydrogen (secondary N) is 2. The fourth-order valence-corrected chi connectivity index (χ4v) is 3.61. The maximum absolute atomic E-state index is 12.3. The molecule has 0 aliphatic carbocycles. The van der Waals surface area contributed by atoms with Gasteiger partial charge in [0.25, 0.3) is 5.56 Å². The fourth-order valence-electron chi connectivity index (χ4n) is 2.65. The molecule has 2 heterocycles. The summed E-state index contributed by atoms with van der Waals surface area (Å²) in [7, 11) is 1.34. The van der Waals surface area contributed by atoms with Crippen molar-refractivity contribution < 1.29 is 14.3 Å². The molecule has 0 fully saturated rings. The first-order chi connectivity index (χ1) is 12.4. The van der Waals surface area contributed by atoms with Crippen molar-refractivity contribution in [3.8, 4) is 0 Å². The summed E-state index contributed by atoms with van der Waals surface area (Å²) in [6.45, 7) is 3.40. The van der Waals surface area contributed by atoms with E-state index in [2.05, 4.69) is 15.3 Å². The van der Waals surface area contributed by atoms with Gasteiger partial charge in [0.15, 0.2) is 0 Å². The quantitative estimate of drug-likeness (QED) is 0.687. The lowest BCUT2D eigenvalue weighted by atomic mass is 10.1. The molecule has 2 N–H and O–H groups in total. The maximum Gasteiger partial charge on any atom is 0.348 e. The number of methoxy groups -OCH3 is 1. The Morgan fingerprint density at radius 1 is 1.27 bits per heavy atom. The molecule has 0 atom stereocenters. The van der Waals surface area contributed by atoms with Gasteiger partial charge < -0.3 is 15.0 Å². The smallest absolute Gasteiger partial charge is 0.348 e. The zero-order valence-corrected chi connectivity index (χ0v) is 15.3. The summed E-state index contributed by atoms with van der Waals surface area (Å²) in [4.78, 5) is 43.2. The summed E-state index contributed by atoms with van der Waals surface area (Å²) in [6.07, 6.45) is -0.0659. The van der Waals surface area contributed by atoms with Crippen molar-refractivity contribution in [2.24, 2.45) is 0 Å². The lowest BCUT2D eigenvalue weighted by Crippen LogP contribution is -2.24. The van der Waals surface area contributed by atoms with Gasteiger partial charge in [0.1, 0.15) is 10.7 Å². The largest absolute Gasteiger partial charge is 0.465 e. The summed E-state index contributed by atoms with van der Waals surface area (Å²) in [5.74, 6) is -0.189. The molecule has 0 bridgehead atoms. The van der Waals surface area contributed by atoms with Crippen LogP contribution in [0.2, 0.25) is 0 Å². The van der Waals surface area contributed by atoms with E-state index in [1.807, 2.05) is 6.07 Å². The normalized spacial score (nSPS) is 10.7. The number of benzene rings is 1. The first-order valence-corrected chi connectivity index (χ1v) is 8.67. The minimum Gasteiger partial charge on any atom is -0.465 e. The average molecular weight is 371 g/mol. The lowest BCUT2D eigenvalue weighted by molar-refractivity contribution is -0.115. The third kappa shape index (κ3) is 3.65. The Morgan fingerprint density at radius 3 is 2.73 bits per heavy atom. The van der Waals surface area contributed by atoms with E-state index in [9.17, 15) is 14.4 Å². The molecule has 3 rings (SSSR count). The molecule has 7 nitrogen and oxygen atoms in total. The molecule has 0 saturated carbocycles. The Morgan fingerprint density at radius 2 is 2.04 bits per heavy atom. The Kier molecular flexibility index (Phi) is 4.85. The molecule has 0 aliphatic heterocycles. The number of H-pyrrole nitrogens is 1. The van der Waals surface area contributed by atoms with Gasteiger partial charge in [0, 0.05) is 21.6 Å². The number of amides is 1. The summed E-state index contributed by atoms with van der Waals surface area (Å²) in [5, 5.41) is 3.61. The Bertz CT molecular complexity index is 1070. The van der Waals surface area contributed by atoms with Crippen molar-refractivity contribution in [1.29, 1.82) is 0 Å². The van der Waals surface area contributed by atoms with Gasteiger partial charge in [-0.1, -0.05) is 0 Å². The number of aromatic amines is 1. The van der Waals surface area contributed by atoms with Gasteiger partial charge in [-0.15, -0.1) is 11.3 Å². The zero-order chi connectivity index (χ0) is 18.8. The van der Waals surface area contributed by atoms with Crippen molar-refractivity contribution in [2.45, 2.75) is 20.3 Å². The Balaban J connectivity index is 1.79. The molecule has 0 spiro atoms. The van der Waals surface area contributed by atoms with Crippen LogP contribution in [0.4, 0.5) is 5.69 Å². The molecule has 0 radical (unpaired) electrons. The van der Waals surface area contributed by atoms with Gasteiger partial charge >= 0.3 is 5.97 Å². The Hall–Kier alpha value is -3.00. The number of hydrogen-bond acceptors (Lipinski definition) is 6. The third-order valence-electron chi connectivity index (χ3n) is 3.86. The van der Waals surface area contributed by atoms with E-state index in [0.717, 1.165) is 10.1 Å². The van der Waals surface area contributed by atoms with Gasteiger partial charge in [-0.25, -0.2) is 9.78 Å². The molecule has 0 unspecified atom stereocenters. The number of anilines is 1. The lowest BCUT2D eigenvalue weighted by Gasteiger charge is -2.07. The molecule has 134 valence electrons. The van der Waals surface area contributed by atoms with Gasteiger partial charge in [-0.05, 0) is 43.5 Å². The zero-order valence-electron chi connectivity index (χ0n) is 14.5. The topological polar surface area (TPSA) is 101 Å². The third-order valence-corrected chi connectivity index (χ3v) is 4.96. The second-order valence-electron chi connectivity index (χ2n) is 5.80. The fraction of sp³-hybridized carbons (Fsp3) is 0.222. The van der Waals surface area contributed by atoms with Crippen molar-refractivity contribution in [3.05, 3.63) is 56.6 Å². The molecule has 0 aliphatic rings. The van der Waals surface area contributed by atoms with Crippen LogP contribution in [0.3, 0.4) is 0 Å².